The van der Waals surface area contributed by atoms with Gasteiger partial charge in [-0.25, -0.2) is 4.90 Å². The lowest BCUT2D eigenvalue weighted by Gasteiger charge is -2.15. The molecule has 4 aromatic carbocycles. The van der Waals surface area contributed by atoms with Crippen molar-refractivity contribution in [1.82, 2.24) is 0 Å². The average molecular weight is 516 g/mol. The van der Waals surface area contributed by atoms with Crippen molar-refractivity contribution < 1.29 is 19.1 Å². The van der Waals surface area contributed by atoms with Gasteiger partial charge in [0.1, 0.15) is 6.61 Å². The molecule has 1 aliphatic rings. The number of carbonyl (C=O) groups excluding carboxylic acids is 2. The van der Waals surface area contributed by atoms with E-state index in [1.54, 1.807) is 42.5 Å². The molecule has 4 aromatic rings. The summed E-state index contributed by atoms with van der Waals surface area (Å²) in [5.74, 6) is 0.529. The molecular weight excluding hydrogens is 494 g/mol. The number of ether oxygens (including phenoxy) is 2. The summed E-state index contributed by atoms with van der Waals surface area (Å²) >= 11 is 7.52. The van der Waals surface area contributed by atoms with Gasteiger partial charge in [-0.15, -0.1) is 0 Å². The first-order valence-electron chi connectivity index (χ1n) is 11.4. The van der Waals surface area contributed by atoms with E-state index >= 15 is 0 Å². The molecule has 0 spiro atoms. The number of imide groups is 1. The third-order valence-corrected chi connectivity index (χ3v) is 6.84. The number of para-hydroxylation sites is 1. The Balaban J connectivity index is 1.42. The molecule has 0 aromatic heterocycles. The fourth-order valence-electron chi connectivity index (χ4n) is 4.06. The number of thioether (sulfide) groups is 1. The highest BCUT2D eigenvalue weighted by Gasteiger charge is 2.36. The van der Waals surface area contributed by atoms with Gasteiger partial charge in [0.05, 0.1) is 22.2 Å². The van der Waals surface area contributed by atoms with Crippen molar-refractivity contribution in [3.8, 4) is 11.5 Å². The van der Waals surface area contributed by atoms with Gasteiger partial charge in [-0.2, -0.15) is 0 Å². The number of rotatable bonds is 7. The molecule has 0 atom stereocenters. The van der Waals surface area contributed by atoms with E-state index in [9.17, 15) is 9.59 Å². The Bertz CT molecular complexity index is 1480. The zero-order valence-corrected chi connectivity index (χ0v) is 21.0. The van der Waals surface area contributed by atoms with E-state index in [1.165, 1.54) is 4.90 Å². The van der Waals surface area contributed by atoms with Crippen molar-refractivity contribution in [2.45, 2.75) is 13.5 Å². The van der Waals surface area contributed by atoms with Crippen LogP contribution in [0.15, 0.2) is 89.8 Å². The van der Waals surface area contributed by atoms with Crippen LogP contribution in [0.25, 0.3) is 16.8 Å². The Morgan fingerprint density at radius 3 is 2.47 bits per heavy atom. The highest BCUT2D eigenvalue weighted by Crippen LogP contribution is 2.40. The van der Waals surface area contributed by atoms with Gasteiger partial charge >= 0.3 is 0 Å². The number of hydrogen-bond donors (Lipinski definition) is 0. The maximum atomic E-state index is 13.0. The van der Waals surface area contributed by atoms with E-state index in [0.29, 0.717) is 45.9 Å². The lowest BCUT2D eigenvalue weighted by molar-refractivity contribution is -0.113. The van der Waals surface area contributed by atoms with E-state index in [1.807, 2.05) is 37.3 Å². The summed E-state index contributed by atoms with van der Waals surface area (Å²) in [6, 6.07) is 26.5. The minimum atomic E-state index is -0.374. The molecular formula is C29H22ClNO4S. The topological polar surface area (TPSA) is 55.8 Å². The summed E-state index contributed by atoms with van der Waals surface area (Å²) in [5, 5.41) is 2.26. The summed E-state index contributed by atoms with van der Waals surface area (Å²) in [5.41, 5.74) is 2.21. The maximum Gasteiger partial charge on any atom is 0.298 e. The smallest absolute Gasteiger partial charge is 0.298 e. The van der Waals surface area contributed by atoms with Gasteiger partial charge in [-0.05, 0) is 70.9 Å². The van der Waals surface area contributed by atoms with Crippen LogP contribution in [-0.4, -0.2) is 17.8 Å². The summed E-state index contributed by atoms with van der Waals surface area (Å²) in [6.45, 7) is 2.60. The van der Waals surface area contributed by atoms with E-state index in [-0.39, 0.29) is 11.1 Å². The number of fused-ring (bicyclic) bond motifs is 1. The van der Waals surface area contributed by atoms with Crippen LogP contribution in [0.2, 0.25) is 5.02 Å². The zero-order chi connectivity index (χ0) is 25.1. The van der Waals surface area contributed by atoms with Crippen LogP contribution >= 0.6 is 23.4 Å². The van der Waals surface area contributed by atoms with Crippen molar-refractivity contribution in [3.63, 3.8) is 0 Å². The first-order chi connectivity index (χ1) is 17.5. The molecule has 1 fully saturated rings. The zero-order valence-electron chi connectivity index (χ0n) is 19.4. The standard InChI is InChI=1S/C29H22ClNO4S/c1-2-34-25-16-19(17-26-28(32)31(29(33)36-26)22-12-4-3-5-13-22)15-24(30)27(25)35-18-21-11-8-10-20-9-6-7-14-23(20)21/h3-17H,2,18H2,1H3/b26-17-. The van der Waals surface area contributed by atoms with Crippen LogP contribution in [0.1, 0.15) is 18.1 Å². The van der Waals surface area contributed by atoms with Gasteiger partial charge in [0, 0.05) is 0 Å². The van der Waals surface area contributed by atoms with Crippen molar-refractivity contribution in [3.05, 3.63) is 106 Å². The van der Waals surface area contributed by atoms with Crippen LogP contribution in [-0.2, 0) is 11.4 Å². The predicted molar refractivity (Wildman–Crippen MR) is 146 cm³/mol. The first-order valence-corrected chi connectivity index (χ1v) is 12.6. The maximum absolute atomic E-state index is 13.0. The molecule has 5 nitrogen and oxygen atoms in total. The number of hydrogen-bond acceptors (Lipinski definition) is 5. The van der Waals surface area contributed by atoms with E-state index in [2.05, 4.69) is 18.2 Å². The van der Waals surface area contributed by atoms with Crippen LogP contribution in [0.4, 0.5) is 10.5 Å². The SMILES string of the molecule is CCOc1cc(/C=C2\SC(=O)N(c3ccccc3)C2=O)cc(Cl)c1OCc1cccc2ccccc12. The molecule has 0 aliphatic carbocycles. The summed E-state index contributed by atoms with van der Waals surface area (Å²) in [6.07, 6.45) is 1.65. The van der Waals surface area contributed by atoms with Crippen LogP contribution < -0.4 is 14.4 Å². The van der Waals surface area contributed by atoms with E-state index in [4.69, 9.17) is 21.1 Å². The number of anilines is 1. The number of halogens is 1. The molecule has 1 aliphatic heterocycles. The van der Waals surface area contributed by atoms with Crippen molar-refractivity contribution in [2.24, 2.45) is 0 Å². The molecule has 36 heavy (non-hydrogen) atoms. The second kappa shape index (κ2) is 10.5. The van der Waals surface area contributed by atoms with Crippen LogP contribution in [0, 0.1) is 0 Å². The fraction of sp³-hybridized carbons (Fsp3) is 0.103. The fourth-order valence-corrected chi connectivity index (χ4v) is 5.18. The summed E-state index contributed by atoms with van der Waals surface area (Å²) in [7, 11) is 0. The number of benzene rings is 4. The lowest BCUT2D eigenvalue weighted by atomic mass is 10.1. The molecule has 0 radical (unpaired) electrons. The Hall–Kier alpha value is -3.74. The average Bonchev–Trinajstić information content (AvgIpc) is 3.16. The number of carbonyl (C=O) groups is 2. The summed E-state index contributed by atoms with van der Waals surface area (Å²) in [4.78, 5) is 27.0. The van der Waals surface area contributed by atoms with Crippen LogP contribution in [0.5, 0.6) is 11.5 Å². The third kappa shape index (κ3) is 4.83. The largest absolute Gasteiger partial charge is 0.490 e. The molecule has 1 heterocycles. The molecule has 180 valence electrons. The monoisotopic (exact) mass is 515 g/mol. The van der Waals surface area contributed by atoms with Crippen molar-refractivity contribution in [2.75, 3.05) is 11.5 Å². The molecule has 0 saturated carbocycles. The summed E-state index contributed by atoms with van der Waals surface area (Å²) < 4.78 is 12.0. The van der Waals surface area contributed by atoms with Crippen molar-refractivity contribution in [1.29, 1.82) is 0 Å². The third-order valence-electron chi connectivity index (χ3n) is 5.69. The second-order valence-corrected chi connectivity index (χ2v) is 9.44. The predicted octanol–water partition coefficient (Wildman–Crippen LogP) is 7.71. The normalized spacial score (nSPS) is 14.6. The van der Waals surface area contributed by atoms with Gasteiger partial charge < -0.3 is 9.47 Å². The Labute approximate surface area is 218 Å². The highest BCUT2D eigenvalue weighted by atomic mass is 35.5. The van der Waals surface area contributed by atoms with Crippen molar-refractivity contribution >= 4 is 57.0 Å². The Kier molecular flexibility index (Phi) is 6.98. The Morgan fingerprint density at radius 2 is 1.67 bits per heavy atom. The van der Waals surface area contributed by atoms with Gasteiger partial charge in [-0.3, -0.25) is 9.59 Å². The number of nitrogens with zero attached hydrogens (tertiary/aromatic N) is 1. The molecule has 1 saturated heterocycles. The van der Waals surface area contributed by atoms with Crippen LogP contribution in [0.3, 0.4) is 0 Å². The second-order valence-electron chi connectivity index (χ2n) is 8.04. The molecule has 0 N–H and O–H groups in total. The quantitative estimate of drug-likeness (QED) is 0.236. The van der Waals surface area contributed by atoms with Gasteiger partial charge in [0.15, 0.2) is 11.5 Å². The Morgan fingerprint density at radius 1 is 0.917 bits per heavy atom. The van der Waals surface area contributed by atoms with E-state index in [0.717, 1.165) is 28.1 Å². The van der Waals surface area contributed by atoms with Gasteiger partial charge in [0.2, 0.25) is 0 Å². The minimum Gasteiger partial charge on any atom is -0.490 e. The molecule has 2 amide bonds. The molecule has 0 bridgehead atoms. The lowest BCUT2D eigenvalue weighted by Crippen LogP contribution is -2.27. The molecule has 0 unspecified atom stereocenters. The van der Waals surface area contributed by atoms with E-state index < -0.39 is 0 Å². The highest BCUT2D eigenvalue weighted by molar-refractivity contribution is 8.19. The number of amides is 2. The van der Waals surface area contributed by atoms with Gasteiger partial charge in [0.25, 0.3) is 11.1 Å². The first kappa shape index (κ1) is 24.0. The molecule has 7 heteroatoms. The minimum absolute atomic E-state index is 0.312. The molecule has 5 rings (SSSR count). The van der Waals surface area contributed by atoms with Gasteiger partial charge in [-0.1, -0.05) is 72.3 Å².